The minimum Gasteiger partial charge on any atom is -0.394 e. The molecule has 17 unspecified atom stereocenters. The monoisotopic (exact) mass is 1120 g/mol. The maximum Gasteiger partial charge on any atom is 0.220 e. The molecule has 3 aliphatic heterocycles. The summed E-state index contributed by atoms with van der Waals surface area (Å²) in [5, 5.41) is 120. The molecule has 12 N–H and O–H groups in total. The van der Waals surface area contributed by atoms with Gasteiger partial charge in [-0.1, -0.05) is 172 Å². The second-order valence-electron chi connectivity index (χ2n) is 21.5. The number of aliphatic hydroxyl groups excluding tert-OH is 11. The van der Waals surface area contributed by atoms with Crippen LogP contribution >= 0.6 is 0 Å². The standard InChI is InChI=1S/C59H105NO18/c1-3-5-7-9-11-13-15-17-18-19-20-21-22-23-24-25-27-29-31-33-35-37-47(65)60-42(43(64)36-34-32-30-28-26-16-14-12-10-8-6-4-2)41-73-57-53(71)50(68)55(45(39-62)75-57)78-59-54(72)51(69)56(46(40-63)76-59)77-58-52(70)49(67)48(66)44(38-61)74-58/h15,17,19-20,22-23,34,36,42-46,48-59,61-64,66-72H,3-14,16,18,21,24-33,35,37-41H2,1-2H3,(H,60,65)/b17-15-,20-19-,23-22-,36-34+. The topological polar surface area (TPSA) is 307 Å². The third-order valence-corrected chi connectivity index (χ3v) is 14.9. The highest BCUT2D eigenvalue weighted by molar-refractivity contribution is 5.76. The first-order chi connectivity index (χ1) is 37.8. The van der Waals surface area contributed by atoms with Crippen molar-refractivity contribution in [1.82, 2.24) is 5.32 Å². The van der Waals surface area contributed by atoms with Gasteiger partial charge >= 0.3 is 0 Å². The van der Waals surface area contributed by atoms with E-state index in [9.17, 15) is 61.0 Å². The number of nitrogens with one attached hydrogen (secondary N) is 1. The van der Waals surface area contributed by atoms with Crippen LogP contribution in [-0.4, -0.2) is 193 Å². The van der Waals surface area contributed by atoms with Gasteiger partial charge in [-0.2, -0.15) is 0 Å². The van der Waals surface area contributed by atoms with Gasteiger partial charge in [-0.15, -0.1) is 0 Å². The van der Waals surface area contributed by atoms with Crippen LogP contribution in [0.2, 0.25) is 0 Å². The molecule has 3 saturated heterocycles. The summed E-state index contributed by atoms with van der Waals surface area (Å²) in [5.41, 5.74) is 0. The van der Waals surface area contributed by atoms with Crippen LogP contribution in [0.1, 0.15) is 187 Å². The predicted octanol–water partition coefficient (Wildman–Crippen LogP) is 5.09. The minimum absolute atomic E-state index is 0.227. The highest BCUT2D eigenvalue weighted by atomic mass is 16.8. The molecule has 78 heavy (non-hydrogen) atoms. The van der Waals surface area contributed by atoms with Crippen molar-refractivity contribution in [3.63, 3.8) is 0 Å². The van der Waals surface area contributed by atoms with Gasteiger partial charge in [0.1, 0.15) is 73.2 Å². The molecule has 3 aliphatic rings. The van der Waals surface area contributed by atoms with Gasteiger partial charge in [0.25, 0.3) is 0 Å². The van der Waals surface area contributed by atoms with Crippen LogP contribution in [0, 0.1) is 0 Å². The lowest BCUT2D eigenvalue weighted by atomic mass is 9.96. The van der Waals surface area contributed by atoms with E-state index in [-0.39, 0.29) is 18.9 Å². The van der Waals surface area contributed by atoms with Gasteiger partial charge in [-0.3, -0.25) is 4.79 Å². The molecule has 0 saturated carbocycles. The first-order valence-corrected chi connectivity index (χ1v) is 29.9. The number of allylic oxidation sites excluding steroid dienone is 7. The van der Waals surface area contributed by atoms with Crippen LogP contribution < -0.4 is 5.32 Å². The van der Waals surface area contributed by atoms with Crippen molar-refractivity contribution in [2.45, 2.75) is 291 Å². The Balaban J connectivity index is 1.50. The van der Waals surface area contributed by atoms with Crippen LogP contribution in [0.4, 0.5) is 0 Å². The van der Waals surface area contributed by atoms with E-state index in [1.54, 1.807) is 6.08 Å². The Bertz CT molecular complexity index is 1620. The van der Waals surface area contributed by atoms with Gasteiger partial charge in [-0.25, -0.2) is 0 Å². The Hall–Kier alpha value is -2.25. The van der Waals surface area contributed by atoms with Gasteiger partial charge in [-0.05, 0) is 57.8 Å². The molecule has 0 radical (unpaired) electrons. The zero-order chi connectivity index (χ0) is 56.9. The summed E-state index contributed by atoms with van der Waals surface area (Å²) >= 11 is 0. The summed E-state index contributed by atoms with van der Waals surface area (Å²) in [6.45, 7) is 1.67. The molecular formula is C59H105NO18. The summed E-state index contributed by atoms with van der Waals surface area (Å²) in [7, 11) is 0. The fraction of sp³-hybridized carbons (Fsp3) is 0.847. The number of hydrogen-bond donors (Lipinski definition) is 12. The van der Waals surface area contributed by atoms with E-state index in [0.29, 0.717) is 6.42 Å². The van der Waals surface area contributed by atoms with E-state index >= 15 is 0 Å². The maximum absolute atomic E-state index is 13.3. The van der Waals surface area contributed by atoms with Crippen molar-refractivity contribution < 1.29 is 89.4 Å². The number of carbonyl (C=O) groups is 1. The number of hydrogen-bond acceptors (Lipinski definition) is 18. The zero-order valence-corrected chi connectivity index (χ0v) is 47.1. The van der Waals surface area contributed by atoms with Crippen LogP contribution in [0.3, 0.4) is 0 Å². The molecule has 0 aliphatic carbocycles. The molecule has 19 heteroatoms. The summed E-state index contributed by atoms with van der Waals surface area (Å²) in [6, 6.07) is -0.980. The lowest BCUT2D eigenvalue weighted by Crippen LogP contribution is -2.66. The lowest BCUT2D eigenvalue weighted by Gasteiger charge is -2.48. The minimum atomic E-state index is -1.98. The normalized spacial score (nSPS) is 30.8. The average Bonchev–Trinajstić information content (AvgIpc) is 3.46. The molecule has 0 aromatic carbocycles. The number of carbonyl (C=O) groups excluding carboxylic acids is 1. The lowest BCUT2D eigenvalue weighted by molar-refractivity contribution is -0.379. The van der Waals surface area contributed by atoms with E-state index in [4.69, 9.17) is 28.4 Å². The molecule has 19 nitrogen and oxygen atoms in total. The molecule has 0 bridgehead atoms. The summed E-state index contributed by atoms with van der Waals surface area (Å²) in [4.78, 5) is 13.3. The molecule has 454 valence electrons. The largest absolute Gasteiger partial charge is 0.394 e. The van der Waals surface area contributed by atoms with Crippen molar-refractivity contribution in [1.29, 1.82) is 0 Å². The van der Waals surface area contributed by atoms with E-state index < -0.39 is 124 Å². The van der Waals surface area contributed by atoms with Crippen LogP contribution in [0.5, 0.6) is 0 Å². The number of aliphatic hydroxyl groups is 11. The Kier molecular flexibility index (Phi) is 38.2. The van der Waals surface area contributed by atoms with Crippen LogP contribution in [0.25, 0.3) is 0 Å². The second kappa shape index (κ2) is 42.6. The molecule has 3 rings (SSSR count). The van der Waals surface area contributed by atoms with Crippen LogP contribution in [-0.2, 0) is 33.2 Å². The Labute approximate surface area is 465 Å². The quantitative estimate of drug-likeness (QED) is 0.0279. The number of amides is 1. The van der Waals surface area contributed by atoms with E-state index in [1.807, 2.05) is 6.08 Å². The van der Waals surface area contributed by atoms with Gasteiger partial charge in [0.15, 0.2) is 18.9 Å². The number of unbranched alkanes of at least 4 members (excludes halogenated alkanes) is 21. The van der Waals surface area contributed by atoms with E-state index in [0.717, 1.165) is 77.0 Å². The number of rotatable bonds is 43. The van der Waals surface area contributed by atoms with Crippen LogP contribution in [0.15, 0.2) is 48.6 Å². The van der Waals surface area contributed by atoms with Gasteiger partial charge in [0.2, 0.25) is 5.91 Å². The summed E-state index contributed by atoms with van der Waals surface area (Å²) in [5.74, 6) is -0.291. The third kappa shape index (κ3) is 26.3. The fourth-order valence-electron chi connectivity index (χ4n) is 9.90. The summed E-state index contributed by atoms with van der Waals surface area (Å²) in [6.07, 6.45) is 19.5. The molecule has 17 atom stereocenters. The third-order valence-electron chi connectivity index (χ3n) is 14.9. The van der Waals surface area contributed by atoms with Crippen molar-refractivity contribution in [2.75, 3.05) is 26.4 Å². The zero-order valence-electron chi connectivity index (χ0n) is 47.1. The molecule has 0 aromatic rings. The van der Waals surface area contributed by atoms with Crippen molar-refractivity contribution in [3.05, 3.63) is 48.6 Å². The first kappa shape index (κ1) is 70.0. The van der Waals surface area contributed by atoms with Crippen molar-refractivity contribution >= 4 is 5.91 Å². The number of ether oxygens (including phenoxy) is 6. The smallest absolute Gasteiger partial charge is 0.220 e. The van der Waals surface area contributed by atoms with Crippen molar-refractivity contribution in [3.8, 4) is 0 Å². The molecule has 0 spiro atoms. The van der Waals surface area contributed by atoms with Crippen molar-refractivity contribution in [2.24, 2.45) is 0 Å². The SMILES string of the molecule is CCCCCCC/C=C\C/C=C\C/C=C\CCCCCCCCC(=O)NC(COC1OC(CO)C(OC2OC(CO)C(OC3OC(CO)C(O)C(O)C3O)C(O)C2O)C(O)C1O)C(O)/C=C/CCCCCCCCCCCC. The maximum atomic E-state index is 13.3. The van der Waals surface area contributed by atoms with Gasteiger partial charge < -0.3 is 89.9 Å². The van der Waals surface area contributed by atoms with Gasteiger partial charge in [0.05, 0.1) is 38.6 Å². The molecule has 3 heterocycles. The summed E-state index contributed by atoms with van der Waals surface area (Å²) < 4.78 is 34.2. The molecule has 3 fully saturated rings. The van der Waals surface area contributed by atoms with Gasteiger partial charge in [0, 0.05) is 6.42 Å². The highest BCUT2D eigenvalue weighted by Crippen LogP contribution is 2.33. The van der Waals surface area contributed by atoms with E-state index in [2.05, 4.69) is 55.6 Å². The second-order valence-corrected chi connectivity index (χ2v) is 21.5. The highest BCUT2D eigenvalue weighted by Gasteiger charge is 2.53. The predicted molar refractivity (Wildman–Crippen MR) is 295 cm³/mol. The fourth-order valence-corrected chi connectivity index (χ4v) is 9.90. The Morgan fingerprint density at radius 3 is 1.32 bits per heavy atom. The first-order valence-electron chi connectivity index (χ1n) is 29.9. The Morgan fingerprint density at radius 1 is 0.462 bits per heavy atom. The molecule has 1 amide bonds. The van der Waals surface area contributed by atoms with E-state index in [1.165, 1.54) is 83.5 Å². The average molecular weight is 1120 g/mol. The molecular weight excluding hydrogens is 1010 g/mol. The molecule has 0 aromatic heterocycles. The Morgan fingerprint density at radius 2 is 0.846 bits per heavy atom.